The van der Waals surface area contributed by atoms with E-state index in [0.29, 0.717) is 5.75 Å². The van der Waals surface area contributed by atoms with E-state index in [1.165, 1.54) is 21.6 Å². The zero-order chi connectivity index (χ0) is 18.9. The Balaban J connectivity index is 1.33. The van der Waals surface area contributed by atoms with Gasteiger partial charge in [-0.25, -0.2) is 4.98 Å². The molecule has 2 aliphatic rings. The van der Waals surface area contributed by atoms with E-state index in [1.807, 2.05) is 29.7 Å². The van der Waals surface area contributed by atoms with Gasteiger partial charge in [-0.2, -0.15) is 0 Å². The molecule has 2 aromatic heterocycles. The summed E-state index contributed by atoms with van der Waals surface area (Å²) in [6.45, 7) is 4.32. The van der Waals surface area contributed by atoms with Crippen LogP contribution in [0.25, 0.3) is 5.57 Å². The molecular weight excluding hydrogens is 366 g/mol. The molecule has 1 N–H and O–H groups in total. The van der Waals surface area contributed by atoms with Gasteiger partial charge in [0.05, 0.1) is 0 Å². The van der Waals surface area contributed by atoms with Gasteiger partial charge in [0.15, 0.2) is 0 Å². The van der Waals surface area contributed by atoms with Crippen molar-refractivity contribution < 1.29 is 5.11 Å². The van der Waals surface area contributed by atoms with Crippen molar-refractivity contribution in [3.63, 3.8) is 0 Å². The van der Waals surface area contributed by atoms with E-state index in [9.17, 15) is 5.11 Å². The van der Waals surface area contributed by atoms with Gasteiger partial charge in [0.25, 0.3) is 0 Å². The predicted molar refractivity (Wildman–Crippen MR) is 114 cm³/mol. The maximum Gasteiger partial charge on any atom is 0.141 e. The van der Waals surface area contributed by atoms with E-state index in [-0.39, 0.29) is 0 Å². The van der Waals surface area contributed by atoms with Crippen molar-refractivity contribution >= 4 is 16.9 Å². The Kier molecular flexibility index (Phi) is 4.79. The lowest BCUT2D eigenvalue weighted by atomic mass is 9.94. The molecule has 144 valence electrons. The Hall–Kier alpha value is -2.37. The average Bonchev–Trinajstić information content (AvgIpc) is 3.35. The molecule has 1 fully saturated rings. The fourth-order valence-electron chi connectivity index (χ4n) is 4.38. The first-order chi connectivity index (χ1) is 13.8. The first-order valence-electron chi connectivity index (χ1n) is 10.1. The summed E-state index contributed by atoms with van der Waals surface area (Å²) >= 11 is 1.87. The molecule has 28 heavy (non-hydrogen) atoms. The van der Waals surface area contributed by atoms with Crippen LogP contribution in [0.15, 0.2) is 53.7 Å². The summed E-state index contributed by atoms with van der Waals surface area (Å²) in [7, 11) is 0. The summed E-state index contributed by atoms with van der Waals surface area (Å²) in [6.07, 6.45) is 8.44. The quantitative estimate of drug-likeness (QED) is 0.722. The molecule has 0 spiro atoms. The van der Waals surface area contributed by atoms with Crippen molar-refractivity contribution in [3.8, 4) is 5.75 Å². The van der Waals surface area contributed by atoms with Gasteiger partial charge in [0.1, 0.15) is 11.6 Å². The third-order valence-electron chi connectivity index (χ3n) is 6.00. The minimum absolute atomic E-state index is 0.340. The first kappa shape index (κ1) is 17.7. The molecule has 4 nitrogen and oxygen atoms in total. The zero-order valence-corrected chi connectivity index (χ0v) is 16.8. The Morgan fingerprint density at radius 3 is 2.64 bits per heavy atom. The number of benzene rings is 1. The lowest BCUT2D eigenvalue weighted by molar-refractivity contribution is 0.260. The van der Waals surface area contributed by atoms with Crippen LogP contribution in [-0.4, -0.2) is 39.2 Å². The number of piperidine rings is 1. The Bertz CT molecular complexity index is 945. The van der Waals surface area contributed by atoms with Crippen LogP contribution >= 0.6 is 11.3 Å². The topological polar surface area (TPSA) is 41.3 Å². The lowest BCUT2D eigenvalue weighted by Gasteiger charge is -2.29. The third kappa shape index (κ3) is 3.40. The standard InChI is InChI=1S/C23H25N3OS/c27-20-3-1-17(2-4-20)5-11-25-12-6-18(7-13-25)21-22-19(9-16-28-22)8-14-26-15-10-24-23(21)26/h1-4,9-10,15-16,27H,5-8,11-14H2. The fraction of sp³-hybridized carbons (Fsp3) is 0.348. The van der Waals surface area contributed by atoms with Crippen LogP contribution in [0.5, 0.6) is 5.75 Å². The number of thiophene rings is 1. The molecule has 0 saturated carbocycles. The second-order valence-electron chi connectivity index (χ2n) is 7.71. The highest BCUT2D eigenvalue weighted by molar-refractivity contribution is 7.11. The Labute approximate surface area is 169 Å². The number of nitrogens with zero attached hydrogens (tertiary/aromatic N) is 3. The van der Waals surface area contributed by atoms with E-state index < -0.39 is 0 Å². The molecule has 0 amide bonds. The van der Waals surface area contributed by atoms with E-state index >= 15 is 0 Å². The number of hydrogen-bond acceptors (Lipinski definition) is 4. The second-order valence-corrected chi connectivity index (χ2v) is 8.62. The first-order valence-corrected chi connectivity index (χ1v) is 11.0. The van der Waals surface area contributed by atoms with Crippen LogP contribution in [0.4, 0.5) is 0 Å². The molecule has 2 aliphatic heterocycles. The summed E-state index contributed by atoms with van der Waals surface area (Å²) < 4.78 is 2.33. The number of rotatable bonds is 3. The molecular formula is C23H25N3OS. The van der Waals surface area contributed by atoms with Gasteiger partial charge in [-0.15, -0.1) is 11.3 Å². The molecule has 3 aromatic rings. The molecule has 1 aromatic carbocycles. The SMILES string of the molecule is Oc1ccc(CCN2CCC(=C3c4sccc4CCn4ccnc43)CC2)cc1. The van der Waals surface area contributed by atoms with Crippen LogP contribution in [0, 0.1) is 0 Å². The smallest absolute Gasteiger partial charge is 0.141 e. The van der Waals surface area contributed by atoms with Crippen molar-refractivity contribution in [2.24, 2.45) is 0 Å². The minimum Gasteiger partial charge on any atom is -0.508 e. The van der Waals surface area contributed by atoms with Crippen molar-refractivity contribution in [2.45, 2.75) is 32.2 Å². The minimum atomic E-state index is 0.340. The Morgan fingerprint density at radius 2 is 1.82 bits per heavy atom. The molecule has 0 unspecified atom stereocenters. The van der Waals surface area contributed by atoms with E-state index in [2.05, 4.69) is 27.1 Å². The molecule has 1 saturated heterocycles. The molecule has 5 heteroatoms. The number of aryl methyl sites for hydroxylation is 2. The van der Waals surface area contributed by atoms with Gasteiger partial charge in [0.2, 0.25) is 0 Å². The summed E-state index contributed by atoms with van der Waals surface area (Å²) in [5, 5.41) is 11.7. The van der Waals surface area contributed by atoms with Gasteiger partial charge in [0, 0.05) is 49.0 Å². The normalized spacial score (nSPS) is 17.3. The number of aromatic hydroxyl groups is 1. The van der Waals surface area contributed by atoms with E-state index in [4.69, 9.17) is 4.98 Å². The zero-order valence-electron chi connectivity index (χ0n) is 16.0. The van der Waals surface area contributed by atoms with Crippen molar-refractivity contribution in [1.29, 1.82) is 0 Å². The summed E-state index contributed by atoms with van der Waals surface area (Å²) in [5.41, 5.74) is 5.74. The highest BCUT2D eigenvalue weighted by atomic mass is 32.1. The van der Waals surface area contributed by atoms with E-state index in [0.717, 1.165) is 57.7 Å². The largest absolute Gasteiger partial charge is 0.508 e. The van der Waals surface area contributed by atoms with Crippen molar-refractivity contribution in [2.75, 3.05) is 19.6 Å². The summed E-state index contributed by atoms with van der Waals surface area (Å²) in [6, 6.07) is 9.90. The van der Waals surface area contributed by atoms with Crippen LogP contribution in [0.2, 0.25) is 0 Å². The summed E-state index contributed by atoms with van der Waals surface area (Å²) in [5.74, 6) is 1.50. The molecule has 0 aliphatic carbocycles. The molecule has 4 heterocycles. The third-order valence-corrected chi connectivity index (χ3v) is 6.98. The van der Waals surface area contributed by atoms with Gasteiger partial charge < -0.3 is 14.6 Å². The van der Waals surface area contributed by atoms with Crippen LogP contribution in [-0.2, 0) is 19.4 Å². The second kappa shape index (κ2) is 7.57. The van der Waals surface area contributed by atoms with Gasteiger partial charge in [-0.05, 0) is 60.4 Å². The maximum absolute atomic E-state index is 9.43. The number of phenols is 1. The van der Waals surface area contributed by atoms with E-state index in [1.54, 1.807) is 17.7 Å². The van der Waals surface area contributed by atoms with Crippen LogP contribution in [0.3, 0.4) is 0 Å². The number of phenolic OH excluding ortho intramolecular Hbond substituents is 1. The lowest BCUT2D eigenvalue weighted by Crippen LogP contribution is -2.32. The highest BCUT2D eigenvalue weighted by Crippen LogP contribution is 2.38. The number of hydrogen-bond donors (Lipinski definition) is 1. The number of likely N-dealkylation sites (tertiary alicyclic amines) is 1. The molecule has 0 atom stereocenters. The monoisotopic (exact) mass is 391 g/mol. The molecule has 0 bridgehead atoms. The fourth-order valence-corrected chi connectivity index (χ4v) is 5.42. The predicted octanol–water partition coefficient (Wildman–Crippen LogP) is 4.35. The Morgan fingerprint density at radius 1 is 1.00 bits per heavy atom. The van der Waals surface area contributed by atoms with Gasteiger partial charge >= 0.3 is 0 Å². The van der Waals surface area contributed by atoms with Crippen LogP contribution < -0.4 is 0 Å². The number of aromatic nitrogens is 2. The molecule has 5 rings (SSSR count). The van der Waals surface area contributed by atoms with Crippen LogP contribution in [0.1, 0.15) is 34.7 Å². The molecule has 0 radical (unpaired) electrons. The average molecular weight is 392 g/mol. The number of imidazole rings is 1. The van der Waals surface area contributed by atoms with Gasteiger partial charge in [-0.1, -0.05) is 17.7 Å². The van der Waals surface area contributed by atoms with Crippen molar-refractivity contribution in [3.05, 3.63) is 75.5 Å². The highest BCUT2D eigenvalue weighted by Gasteiger charge is 2.25. The van der Waals surface area contributed by atoms with Gasteiger partial charge in [-0.3, -0.25) is 0 Å². The van der Waals surface area contributed by atoms with Crippen molar-refractivity contribution in [1.82, 2.24) is 14.5 Å². The maximum atomic E-state index is 9.43. The summed E-state index contributed by atoms with van der Waals surface area (Å²) in [4.78, 5) is 8.74. The number of fused-ring (bicyclic) bond motifs is 2.